The van der Waals surface area contributed by atoms with Crippen LogP contribution in [0.2, 0.25) is 0 Å². The van der Waals surface area contributed by atoms with Crippen LogP contribution in [0.3, 0.4) is 0 Å². The molecule has 0 aromatic heterocycles. The molecule has 0 amide bonds. The lowest BCUT2D eigenvalue weighted by molar-refractivity contribution is -0.112. The van der Waals surface area contributed by atoms with Gasteiger partial charge in [-0.05, 0) is 6.07 Å². The van der Waals surface area contributed by atoms with Gasteiger partial charge in [0.05, 0.1) is 25.9 Å². The lowest BCUT2D eigenvalue weighted by Crippen LogP contribution is -2.44. The summed E-state index contributed by atoms with van der Waals surface area (Å²) in [4.78, 5) is 0. The van der Waals surface area contributed by atoms with Gasteiger partial charge in [-0.25, -0.2) is 0 Å². The monoisotopic (exact) mass is 356 g/mol. The van der Waals surface area contributed by atoms with Gasteiger partial charge in [0, 0.05) is 42.8 Å². The highest BCUT2D eigenvalue weighted by molar-refractivity contribution is 9.08. The second-order valence-corrected chi connectivity index (χ2v) is 6.23. The summed E-state index contributed by atoms with van der Waals surface area (Å²) < 4.78 is 23.0. The second-order valence-electron chi connectivity index (χ2n) is 5.67. The Morgan fingerprint density at radius 3 is 3.00 bits per heavy atom. The van der Waals surface area contributed by atoms with Gasteiger partial charge in [0.1, 0.15) is 17.6 Å². The summed E-state index contributed by atoms with van der Waals surface area (Å²) in [7, 11) is 1.67. The Morgan fingerprint density at radius 2 is 2.29 bits per heavy atom. The first-order chi connectivity index (χ1) is 10.2. The predicted molar refractivity (Wildman–Crippen MR) is 83.4 cm³/mol. The van der Waals surface area contributed by atoms with Crippen LogP contribution in [-0.4, -0.2) is 38.6 Å². The largest absolute Gasteiger partial charge is 0.497 e. The van der Waals surface area contributed by atoms with Gasteiger partial charge in [-0.2, -0.15) is 0 Å². The lowest BCUT2D eigenvalue weighted by atomic mass is 9.91. The van der Waals surface area contributed by atoms with Gasteiger partial charge in [0.2, 0.25) is 0 Å². The molecule has 3 rings (SSSR count). The maximum absolute atomic E-state index is 6.26. The van der Waals surface area contributed by atoms with E-state index in [1.54, 1.807) is 7.11 Å². The van der Waals surface area contributed by atoms with E-state index in [0.29, 0.717) is 6.61 Å². The van der Waals surface area contributed by atoms with E-state index in [2.05, 4.69) is 15.9 Å². The fourth-order valence-electron chi connectivity index (χ4n) is 3.01. The molecule has 2 aliphatic heterocycles. The molecule has 5 heteroatoms. The van der Waals surface area contributed by atoms with E-state index in [1.165, 1.54) is 0 Å². The predicted octanol–water partition coefficient (Wildman–Crippen LogP) is 3.31. The van der Waals surface area contributed by atoms with Crippen molar-refractivity contribution in [3.05, 3.63) is 23.8 Å². The van der Waals surface area contributed by atoms with Crippen molar-refractivity contribution in [1.82, 2.24) is 0 Å². The normalized spacial score (nSPS) is 28.8. The van der Waals surface area contributed by atoms with Crippen LogP contribution in [0, 0.1) is 0 Å². The lowest BCUT2D eigenvalue weighted by Gasteiger charge is -2.37. The van der Waals surface area contributed by atoms with Crippen LogP contribution in [0.25, 0.3) is 0 Å². The Kier molecular flexibility index (Phi) is 4.72. The minimum absolute atomic E-state index is 0.129. The zero-order valence-corrected chi connectivity index (χ0v) is 13.9. The van der Waals surface area contributed by atoms with E-state index in [4.69, 9.17) is 18.9 Å². The van der Waals surface area contributed by atoms with Crippen molar-refractivity contribution in [1.29, 1.82) is 0 Å². The number of methoxy groups -OCH3 is 1. The van der Waals surface area contributed by atoms with E-state index in [0.717, 1.165) is 54.9 Å². The molecule has 0 bridgehead atoms. The zero-order valence-electron chi connectivity index (χ0n) is 12.3. The van der Waals surface area contributed by atoms with Gasteiger partial charge in [-0.1, -0.05) is 22.0 Å². The molecule has 4 nitrogen and oxygen atoms in total. The van der Waals surface area contributed by atoms with Crippen molar-refractivity contribution < 1.29 is 18.9 Å². The molecule has 0 saturated carbocycles. The second kappa shape index (κ2) is 6.55. The Labute approximate surface area is 133 Å². The number of benzene rings is 1. The molecule has 2 fully saturated rings. The van der Waals surface area contributed by atoms with Crippen molar-refractivity contribution in [2.24, 2.45) is 0 Å². The first-order valence-corrected chi connectivity index (χ1v) is 8.48. The summed E-state index contributed by atoms with van der Waals surface area (Å²) in [5.74, 6) is 1.72. The zero-order chi connectivity index (χ0) is 14.7. The molecule has 2 atom stereocenters. The number of hydrogen-bond donors (Lipinski definition) is 0. The van der Waals surface area contributed by atoms with Crippen molar-refractivity contribution >= 4 is 15.9 Å². The molecule has 2 saturated heterocycles. The summed E-state index contributed by atoms with van der Waals surface area (Å²) in [5.41, 5.74) is 1.01. The van der Waals surface area contributed by atoms with Crippen LogP contribution in [0.5, 0.6) is 11.5 Å². The molecular weight excluding hydrogens is 336 g/mol. The van der Waals surface area contributed by atoms with Crippen LogP contribution in [0.4, 0.5) is 0 Å². The Morgan fingerprint density at radius 1 is 1.38 bits per heavy atom. The average molecular weight is 357 g/mol. The van der Waals surface area contributed by atoms with Crippen LogP contribution < -0.4 is 9.47 Å². The third-order valence-corrected chi connectivity index (χ3v) is 4.83. The molecular formula is C16H21BrO4. The molecule has 1 spiro atoms. The molecule has 2 heterocycles. The molecule has 0 radical (unpaired) electrons. The van der Waals surface area contributed by atoms with Gasteiger partial charge >= 0.3 is 0 Å². The molecule has 0 N–H and O–H groups in total. The minimum Gasteiger partial charge on any atom is -0.497 e. The Balaban J connectivity index is 1.73. The van der Waals surface area contributed by atoms with E-state index in [-0.39, 0.29) is 11.7 Å². The maximum Gasteiger partial charge on any atom is 0.127 e. The van der Waals surface area contributed by atoms with Gasteiger partial charge in [-0.3, -0.25) is 0 Å². The molecule has 1 aromatic carbocycles. The van der Waals surface area contributed by atoms with Gasteiger partial charge in [-0.15, -0.1) is 0 Å². The minimum atomic E-state index is -0.129. The van der Waals surface area contributed by atoms with Crippen molar-refractivity contribution in [2.45, 2.75) is 36.3 Å². The molecule has 2 aliphatic rings. The van der Waals surface area contributed by atoms with E-state index in [1.807, 2.05) is 18.2 Å². The van der Waals surface area contributed by atoms with Crippen LogP contribution >= 0.6 is 15.9 Å². The molecule has 116 valence electrons. The molecule has 2 unspecified atom stereocenters. The third kappa shape index (κ3) is 3.35. The maximum atomic E-state index is 6.26. The van der Waals surface area contributed by atoms with E-state index in [9.17, 15) is 0 Å². The third-order valence-electron chi connectivity index (χ3n) is 4.23. The number of ether oxygens (including phenoxy) is 4. The Hall–Kier alpha value is -0.780. The topological polar surface area (TPSA) is 36.9 Å². The molecule has 0 aliphatic carbocycles. The summed E-state index contributed by atoms with van der Waals surface area (Å²) in [6.45, 7) is 2.22. The number of halogens is 1. The average Bonchev–Trinajstić information content (AvgIpc) is 2.95. The highest BCUT2D eigenvalue weighted by atomic mass is 79.9. The quantitative estimate of drug-likeness (QED) is 0.775. The highest BCUT2D eigenvalue weighted by Crippen LogP contribution is 2.36. The van der Waals surface area contributed by atoms with Crippen molar-refractivity contribution in [3.8, 4) is 11.5 Å². The summed E-state index contributed by atoms with van der Waals surface area (Å²) in [6.07, 6.45) is 2.95. The number of hydrogen-bond acceptors (Lipinski definition) is 4. The van der Waals surface area contributed by atoms with Crippen LogP contribution in [0.1, 0.15) is 24.8 Å². The number of rotatable bonds is 4. The fraction of sp³-hybridized carbons (Fsp3) is 0.625. The summed E-state index contributed by atoms with van der Waals surface area (Å²) >= 11 is 3.51. The Bertz CT molecular complexity index is 485. The molecule has 21 heavy (non-hydrogen) atoms. The van der Waals surface area contributed by atoms with Crippen LogP contribution in [-0.2, 0) is 14.8 Å². The van der Waals surface area contributed by atoms with Crippen molar-refractivity contribution in [2.75, 3.05) is 26.9 Å². The van der Waals surface area contributed by atoms with Gasteiger partial charge < -0.3 is 18.9 Å². The molecule has 1 aromatic rings. The SMILES string of the molecule is COc1ccc(CBr)c(OC2CCOC3(CCOC3)C2)c1. The smallest absolute Gasteiger partial charge is 0.127 e. The van der Waals surface area contributed by atoms with E-state index >= 15 is 0 Å². The van der Waals surface area contributed by atoms with Crippen molar-refractivity contribution in [3.63, 3.8) is 0 Å². The fourth-order valence-corrected chi connectivity index (χ4v) is 3.47. The summed E-state index contributed by atoms with van der Waals surface area (Å²) in [5, 5.41) is 0.768. The standard InChI is InChI=1S/C16H21BrO4/c1-18-13-3-2-12(10-17)15(8-13)21-14-4-6-20-16(9-14)5-7-19-11-16/h2-3,8,14H,4-7,9-11H2,1H3. The van der Waals surface area contributed by atoms with Crippen LogP contribution in [0.15, 0.2) is 18.2 Å². The first-order valence-electron chi connectivity index (χ1n) is 7.36. The van der Waals surface area contributed by atoms with E-state index < -0.39 is 0 Å². The van der Waals surface area contributed by atoms with Gasteiger partial charge in [0.25, 0.3) is 0 Å². The van der Waals surface area contributed by atoms with Gasteiger partial charge in [0.15, 0.2) is 0 Å². The summed E-state index contributed by atoms with van der Waals surface area (Å²) in [6, 6.07) is 5.96. The number of alkyl halides is 1. The first kappa shape index (κ1) is 15.1. The highest BCUT2D eigenvalue weighted by Gasteiger charge is 2.41.